The van der Waals surface area contributed by atoms with E-state index >= 15 is 0 Å². The highest BCUT2D eigenvalue weighted by Gasteiger charge is 2.14. The van der Waals surface area contributed by atoms with Gasteiger partial charge in [0.2, 0.25) is 0 Å². The minimum atomic E-state index is 0.804. The number of aliphatic imine (C=N–C) groups is 1. The van der Waals surface area contributed by atoms with Crippen LogP contribution in [-0.4, -0.2) is 5.71 Å². The smallest absolute Gasteiger partial charge is 0.0698 e. The van der Waals surface area contributed by atoms with Crippen molar-refractivity contribution in [2.45, 2.75) is 69.2 Å². The number of hydrogen-bond donors (Lipinski definition) is 0. The van der Waals surface area contributed by atoms with E-state index in [0.29, 0.717) is 0 Å². The van der Waals surface area contributed by atoms with Gasteiger partial charge in [-0.1, -0.05) is 49.1 Å². The van der Waals surface area contributed by atoms with E-state index in [0.717, 1.165) is 22.5 Å². The van der Waals surface area contributed by atoms with E-state index in [4.69, 9.17) is 4.99 Å². The molecule has 2 aromatic carbocycles. The van der Waals surface area contributed by atoms with Crippen LogP contribution in [0.4, 0.5) is 0 Å². The molecule has 0 fully saturated rings. The highest BCUT2D eigenvalue weighted by atomic mass is 14.8. The topological polar surface area (TPSA) is 12.4 Å². The first-order valence-electron chi connectivity index (χ1n) is 11.4. The molecule has 0 spiro atoms. The Balaban J connectivity index is 2.71. The quantitative estimate of drug-likeness (QED) is 0.323. The molecule has 0 heterocycles. The van der Waals surface area contributed by atoms with Gasteiger partial charge in [0, 0.05) is 5.56 Å². The van der Waals surface area contributed by atoms with Gasteiger partial charge in [-0.3, -0.25) is 0 Å². The van der Waals surface area contributed by atoms with Crippen molar-refractivity contribution in [3.8, 4) is 0 Å². The zero-order valence-electron chi connectivity index (χ0n) is 21.7. The van der Waals surface area contributed by atoms with Crippen LogP contribution in [-0.2, 0) is 0 Å². The van der Waals surface area contributed by atoms with E-state index in [-0.39, 0.29) is 0 Å². The van der Waals surface area contributed by atoms with Crippen LogP contribution < -0.4 is 0 Å². The molecule has 0 aliphatic carbocycles. The number of benzene rings is 2. The third kappa shape index (κ3) is 5.27. The van der Waals surface area contributed by atoms with Crippen molar-refractivity contribution in [2.75, 3.05) is 0 Å². The Labute approximate surface area is 196 Å². The number of rotatable bonds is 6. The summed E-state index contributed by atoms with van der Waals surface area (Å²) < 4.78 is 0. The number of nitrogens with zero attached hydrogens (tertiary/aromatic N) is 1. The predicted octanol–water partition coefficient (Wildman–Crippen LogP) is 8.96. The first kappa shape index (κ1) is 25.3. The standard InChI is InChI=1S/C31H39N/c1-12-13-14-21(4)31(32-28(11)30-18-16-20(3)23(6)25(30)8)27(10)26(9)29-17-15-19(2)22(5)24(29)7/h12-18H,11H2,1-10H3/b13-12-,21-14+,27-26+,32-31?. The number of aryl methyl sites for hydroxylation is 2. The normalized spacial score (nSPS) is 13.6. The van der Waals surface area contributed by atoms with Crippen LogP contribution in [0.5, 0.6) is 0 Å². The summed E-state index contributed by atoms with van der Waals surface area (Å²) in [5.74, 6) is 0. The molecule has 168 valence electrons. The van der Waals surface area contributed by atoms with Gasteiger partial charge in [0.05, 0.1) is 11.4 Å². The van der Waals surface area contributed by atoms with Crippen LogP contribution >= 0.6 is 0 Å². The van der Waals surface area contributed by atoms with Crippen molar-refractivity contribution >= 4 is 17.0 Å². The molecule has 0 unspecified atom stereocenters. The average Bonchev–Trinajstić information content (AvgIpc) is 2.77. The first-order valence-corrected chi connectivity index (χ1v) is 11.4. The van der Waals surface area contributed by atoms with Crippen LogP contribution in [0, 0.1) is 41.5 Å². The van der Waals surface area contributed by atoms with Gasteiger partial charge in [-0.2, -0.15) is 0 Å². The lowest BCUT2D eigenvalue weighted by Gasteiger charge is -2.17. The zero-order valence-corrected chi connectivity index (χ0v) is 21.7. The van der Waals surface area contributed by atoms with Crippen LogP contribution in [0.3, 0.4) is 0 Å². The molecular weight excluding hydrogens is 386 g/mol. The molecule has 0 aliphatic rings. The molecule has 0 aromatic heterocycles. The Morgan fingerprint density at radius 1 is 0.750 bits per heavy atom. The van der Waals surface area contributed by atoms with E-state index < -0.39 is 0 Å². The van der Waals surface area contributed by atoms with Gasteiger partial charge >= 0.3 is 0 Å². The fourth-order valence-electron chi connectivity index (χ4n) is 3.99. The molecule has 0 aliphatic heterocycles. The summed E-state index contributed by atoms with van der Waals surface area (Å²) in [5.41, 5.74) is 15.6. The summed E-state index contributed by atoms with van der Waals surface area (Å²) >= 11 is 0. The number of hydrogen-bond acceptors (Lipinski definition) is 1. The van der Waals surface area contributed by atoms with Gasteiger partial charge in [-0.05, 0) is 125 Å². The molecular formula is C31H39N. The summed E-state index contributed by atoms with van der Waals surface area (Å²) in [7, 11) is 0. The van der Waals surface area contributed by atoms with Gasteiger partial charge in [0.25, 0.3) is 0 Å². The second kappa shape index (κ2) is 10.6. The molecule has 1 heteroatoms. The van der Waals surface area contributed by atoms with E-state index in [9.17, 15) is 0 Å². The molecule has 2 rings (SSSR count). The van der Waals surface area contributed by atoms with Crippen LogP contribution in [0.2, 0.25) is 0 Å². The Hall–Kier alpha value is -2.93. The zero-order chi connectivity index (χ0) is 24.2. The second-order valence-corrected chi connectivity index (χ2v) is 8.89. The van der Waals surface area contributed by atoms with Crippen molar-refractivity contribution in [1.29, 1.82) is 0 Å². The van der Waals surface area contributed by atoms with Gasteiger partial charge in [0.15, 0.2) is 0 Å². The van der Waals surface area contributed by atoms with Gasteiger partial charge < -0.3 is 0 Å². The maximum absolute atomic E-state index is 5.11. The van der Waals surface area contributed by atoms with Crippen LogP contribution in [0.15, 0.2) is 65.2 Å². The van der Waals surface area contributed by atoms with Gasteiger partial charge in [0.1, 0.15) is 0 Å². The minimum Gasteiger partial charge on any atom is -0.248 e. The third-order valence-electron chi connectivity index (χ3n) is 6.91. The van der Waals surface area contributed by atoms with Crippen molar-refractivity contribution in [1.82, 2.24) is 0 Å². The molecule has 32 heavy (non-hydrogen) atoms. The Morgan fingerprint density at radius 3 is 1.78 bits per heavy atom. The Bertz CT molecular complexity index is 1160. The molecule has 2 aromatic rings. The molecule has 0 saturated heterocycles. The van der Waals surface area contributed by atoms with Gasteiger partial charge in [-0.15, -0.1) is 0 Å². The summed E-state index contributed by atoms with van der Waals surface area (Å²) in [6.07, 6.45) is 6.24. The maximum Gasteiger partial charge on any atom is 0.0698 e. The van der Waals surface area contributed by atoms with E-state index in [1.807, 2.05) is 13.0 Å². The van der Waals surface area contributed by atoms with Crippen molar-refractivity contribution in [2.24, 2.45) is 4.99 Å². The lowest BCUT2D eigenvalue weighted by Crippen LogP contribution is -2.07. The highest BCUT2D eigenvalue weighted by Crippen LogP contribution is 2.30. The summed E-state index contributed by atoms with van der Waals surface area (Å²) in [5, 5.41) is 0. The van der Waals surface area contributed by atoms with Crippen LogP contribution in [0.1, 0.15) is 72.2 Å². The Morgan fingerprint density at radius 2 is 1.25 bits per heavy atom. The van der Waals surface area contributed by atoms with Crippen LogP contribution in [0.25, 0.3) is 11.3 Å². The number of allylic oxidation sites excluding steroid dienone is 6. The first-order chi connectivity index (χ1) is 15.0. The van der Waals surface area contributed by atoms with Crippen molar-refractivity contribution < 1.29 is 0 Å². The Kier molecular flexibility index (Phi) is 8.38. The second-order valence-electron chi connectivity index (χ2n) is 8.89. The molecule has 1 nitrogen and oxygen atoms in total. The molecule has 0 N–H and O–H groups in total. The molecule has 0 radical (unpaired) electrons. The predicted molar refractivity (Wildman–Crippen MR) is 145 cm³/mol. The lowest BCUT2D eigenvalue weighted by atomic mass is 9.90. The lowest BCUT2D eigenvalue weighted by molar-refractivity contribution is 1.24. The minimum absolute atomic E-state index is 0.804. The molecule has 0 saturated carbocycles. The van der Waals surface area contributed by atoms with E-state index in [1.54, 1.807) is 0 Å². The molecule has 0 bridgehead atoms. The fraction of sp³-hybridized carbons (Fsp3) is 0.323. The van der Waals surface area contributed by atoms with E-state index in [2.05, 4.69) is 105 Å². The average molecular weight is 426 g/mol. The third-order valence-corrected chi connectivity index (χ3v) is 6.91. The monoisotopic (exact) mass is 425 g/mol. The summed E-state index contributed by atoms with van der Waals surface area (Å²) in [6, 6.07) is 8.75. The SMILES string of the molecule is C=C(N=C(/C(C)=C/C=C\C)/C(C)=C(\C)c1ccc(C)c(C)c1C)c1ccc(C)c(C)c1C. The highest BCUT2D eigenvalue weighted by molar-refractivity contribution is 6.17. The molecule has 0 atom stereocenters. The van der Waals surface area contributed by atoms with Gasteiger partial charge in [-0.25, -0.2) is 4.99 Å². The molecule has 0 amide bonds. The fourth-order valence-corrected chi connectivity index (χ4v) is 3.99. The van der Waals surface area contributed by atoms with Crippen molar-refractivity contribution in [3.63, 3.8) is 0 Å². The summed E-state index contributed by atoms with van der Waals surface area (Å²) in [4.78, 5) is 5.11. The van der Waals surface area contributed by atoms with E-state index in [1.165, 1.54) is 50.1 Å². The largest absolute Gasteiger partial charge is 0.248 e. The summed E-state index contributed by atoms with van der Waals surface area (Å²) in [6.45, 7) is 26.0. The maximum atomic E-state index is 5.11. The van der Waals surface area contributed by atoms with Crippen molar-refractivity contribution in [3.05, 3.63) is 105 Å².